The first-order valence-corrected chi connectivity index (χ1v) is 13.8. The maximum Gasteiger partial charge on any atom is 0.404 e. The molecular formula is C26H25F3N6O3S. The van der Waals surface area contributed by atoms with Crippen LogP contribution in [0.5, 0.6) is 11.6 Å². The summed E-state index contributed by atoms with van der Waals surface area (Å²) in [5, 5.41) is 7.54. The van der Waals surface area contributed by atoms with E-state index in [4.69, 9.17) is 4.74 Å². The molecule has 0 aliphatic carbocycles. The first kappa shape index (κ1) is 26.6. The number of nitrogens with zero attached hydrogens (tertiary/aromatic N) is 3. The Balaban J connectivity index is 1.44. The lowest BCUT2D eigenvalue weighted by atomic mass is 10.1. The Morgan fingerprint density at radius 1 is 1.00 bits per heavy atom. The molecule has 3 N–H and O–H groups in total. The number of pyridine rings is 1. The minimum absolute atomic E-state index is 0.00663. The smallest absolute Gasteiger partial charge is 0.404 e. The predicted octanol–water partition coefficient (Wildman–Crippen LogP) is 4.95. The van der Waals surface area contributed by atoms with Gasteiger partial charge in [-0.1, -0.05) is 24.3 Å². The molecule has 1 saturated heterocycles. The molecule has 0 bridgehead atoms. The van der Waals surface area contributed by atoms with Crippen molar-refractivity contribution in [2.24, 2.45) is 0 Å². The standard InChI is InChI=1S/C26H25F3N6O3S/c27-26(28,29)16-39(36,37)35-22-9-10-23(19-7-2-1-6-18(19)22)38-24-20(8-4-13-31-24)21-11-14-32-25(34-21)33-17-5-3-12-30-15-17/h1-2,4,6-11,13-14,17,30,35H,3,5,12,15-16H2,(H,32,33,34). The number of halogens is 3. The highest BCUT2D eigenvalue weighted by Gasteiger charge is 2.35. The van der Waals surface area contributed by atoms with Gasteiger partial charge in [0.25, 0.3) is 0 Å². The molecule has 1 aliphatic rings. The zero-order valence-corrected chi connectivity index (χ0v) is 21.4. The average molecular weight is 559 g/mol. The third-order valence-corrected chi connectivity index (χ3v) is 7.28. The first-order chi connectivity index (χ1) is 18.7. The minimum atomic E-state index is -4.87. The summed E-state index contributed by atoms with van der Waals surface area (Å²) in [7, 11) is -4.67. The van der Waals surface area contributed by atoms with Crippen LogP contribution in [0.4, 0.5) is 24.8 Å². The third kappa shape index (κ3) is 6.73. The summed E-state index contributed by atoms with van der Waals surface area (Å²) in [6, 6.07) is 15.0. The van der Waals surface area contributed by atoms with E-state index < -0.39 is 22.0 Å². The van der Waals surface area contributed by atoms with Crippen molar-refractivity contribution in [2.75, 3.05) is 28.9 Å². The van der Waals surface area contributed by atoms with Crippen LogP contribution in [0.2, 0.25) is 0 Å². The second-order valence-electron chi connectivity index (χ2n) is 9.04. The van der Waals surface area contributed by atoms with Crippen molar-refractivity contribution in [1.29, 1.82) is 0 Å². The molecule has 39 heavy (non-hydrogen) atoms. The number of benzene rings is 2. The van der Waals surface area contributed by atoms with Crippen LogP contribution < -0.4 is 20.1 Å². The van der Waals surface area contributed by atoms with Gasteiger partial charge in [-0.05, 0) is 49.7 Å². The van der Waals surface area contributed by atoms with Crippen molar-refractivity contribution in [2.45, 2.75) is 25.1 Å². The van der Waals surface area contributed by atoms with E-state index in [9.17, 15) is 21.6 Å². The average Bonchev–Trinajstić information content (AvgIpc) is 2.90. The molecule has 1 fully saturated rings. The number of hydrogen-bond acceptors (Lipinski definition) is 8. The number of anilines is 2. The molecule has 0 spiro atoms. The molecule has 4 aromatic rings. The van der Waals surface area contributed by atoms with Crippen LogP contribution in [0.15, 0.2) is 67.0 Å². The summed E-state index contributed by atoms with van der Waals surface area (Å²) in [5.74, 6) is -0.921. The Morgan fingerprint density at radius 3 is 2.59 bits per heavy atom. The summed E-state index contributed by atoms with van der Waals surface area (Å²) < 4.78 is 70.6. The molecule has 1 atom stereocenters. The fourth-order valence-electron chi connectivity index (χ4n) is 4.38. The molecule has 1 aliphatic heterocycles. The molecule has 3 heterocycles. The number of rotatable bonds is 8. The Labute approximate surface area is 222 Å². The topological polar surface area (TPSA) is 118 Å². The number of sulfonamides is 1. The number of piperidine rings is 1. The summed E-state index contributed by atoms with van der Waals surface area (Å²) >= 11 is 0. The van der Waals surface area contributed by atoms with Crippen LogP contribution in [-0.2, 0) is 10.0 Å². The van der Waals surface area contributed by atoms with Gasteiger partial charge in [-0.25, -0.2) is 23.4 Å². The van der Waals surface area contributed by atoms with Gasteiger partial charge in [-0.3, -0.25) is 4.72 Å². The van der Waals surface area contributed by atoms with Crippen molar-refractivity contribution >= 4 is 32.4 Å². The summed E-state index contributed by atoms with van der Waals surface area (Å²) in [6.45, 7) is 1.81. The van der Waals surface area contributed by atoms with Gasteiger partial charge < -0.3 is 15.4 Å². The third-order valence-electron chi connectivity index (χ3n) is 6.04. The van der Waals surface area contributed by atoms with Gasteiger partial charge in [0.1, 0.15) is 5.75 Å². The number of fused-ring (bicyclic) bond motifs is 1. The lowest BCUT2D eigenvalue weighted by Crippen LogP contribution is -2.38. The van der Waals surface area contributed by atoms with Crippen molar-refractivity contribution in [3.8, 4) is 22.9 Å². The molecule has 204 valence electrons. The van der Waals surface area contributed by atoms with E-state index in [1.807, 2.05) is 4.72 Å². The number of nitrogens with one attached hydrogen (secondary N) is 3. The molecule has 0 saturated carbocycles. The Morgan fingerprint density at radius 2 is 1.82 bits per heavy atom. The minimum Gasteiger partial charge on any atom is -0.438 e. The maximum atomic E-state index is 12.7. The van der Waals surface area contributed by atoms with Crippen molar-refractivity contribution < 1.29 is 26.3 Å². The zero-order chi connectivity index (χ0) is 27.5. The van der Waals surface area contributed by atoms with E-state index in [0.717, 1.165) is 25.9 Å². The Kier molecular flexibility index (Phi) is 7.53. The van der Waals surface area contributed by atoms with Crippen molar-refractivity contribution in [3.05, 3.63) is 67.0 Å². The molecule has 5 rings (SSSR count). The Bertz CT molecular complexity index is 1580. The second-order valence-corrected chi connectivity index (χ2v) is 10.8. The van der Waals surface area contributed by atoms with Gasteiger partial charge in [0.15, 0.2) is 5.75 Å². The van der Waals surface area contributed by atoms with E-state index >= 15 is 0 Å². The predicted molar refractivity (Wildman–Crippen MR) is 142 cm³/mol. The number of ether oxygens (including phenoxy) is 1. The zero-order valence-electron chi connectivity index (χ0n) is 20.6. The lowest BCUT2D eigenvalue weighted by molar-refractivity contribution is -0.106. The molecule has 1 unspecified atom stereocenters. The van der Waals surface area contributed by atoms with Crippen LogP contribution in [-0.4, -0.2) is 54.4 Å². The maximum absolute atomic E-state index is 12.7. The van der Waals surface area contributed by atoms with Crippen LogP contribution >= 0.6 is 0 Å². The highest BCUT2D eigenvalue weighted by atomic mass is 32.2. The van der Waals surface area contributed by atoms with Gasteiger partial charge in [-0.2, -0.15) is 13.2 Å². The van der Waals surface area contributed by atoms with Crippen molar-refractivity contribution in [3.63, 3.8) is 0 Å². The van der Waals surface area contributed by atoms with Crippen LogP contribution in [0.3, 0.4) is 0 Å². The van der Waals surface area contributed by atoms with E-state index in [-0.39, 0.29) is 17.6 Å². The monoisotopic (exact) mass is 558 g/mol. The van der Waals surface area contributed by atoms with Gasteiger partial charge in [0.05, 0.1) is 16.9 Å². The number of alkyl halides is 3. The van der Waals surface area contributed by atoms with Gasteiger partial charge in [-0.15, -0.1) is 0 Å². The Hall–Kier alpha value is -3.97. The highest BCUT2D eigenvalue weighted by molar-refractivity contribution is 7.92. The fraction of sp³-hybridized carbons (Fsp3) is 0.269. The van der Waals surface area contributed by atoms with Crippen LogP contribution in [0.1, 0.15) is 12.8 Å². The molecule has 13 heteroatoms. The molecule has 9 nitrogen and oxygen atoms in total. The molecule has 2 aromatic carbocycles. The SMILES string of the molecule is O=S(=O)(CC(F)(F)F)Nc1ccc(Oc2ncccc2-c2ccnc(NC3CCCNC3)n2)c2ccccc12. The van der Waals surface area contributed by atoms with E-state index in [2.05, 4.69) is 25.6 Å². The lowest BCUT2D eigenvalue weighted by Gasteiger charge is -2.23. The van der Waals surface area contributed by atoms with E-state index in [0.29, 0.717) is 33.7 Å². The number of aromatic nitrogens is 3. The van der Waals surface area contributed by atoms with Crippen LogP contribution in [0, 0.1) is 0 Å². The molecule has 0 amide bonds. The van der Waals surface area contributed by atoms with Crippen LogP contribution in [0.25, 0.3) is 22.0 Å². The van der Waals surface area contributed by atoms with Gasteiger partial charge in [0, 0.05) is 35.8 Å². The van der Waals surface area contributed by atoms with E-state index in [1.54, 1.807) is 54.9 Å². The fourth-order valence-corrected chi connectivity index (χ4v) is 5.39. The number of hydrogen-bond donors (Lipinski definition) is 3. The first-order valence-electron chi connectivity index (χ1n) is 12.2. The van der Waals surface area contributed by atoms with Crippen molar-refractivity contribution in [1.82, 2.24) is 20.3 Å². The largest absolute Gasteiger partial charge is 0.438 e. The van der Waals surface area contributed by atoms with Gasteiger partial charge >= 0.3 is 6.18 Å². The van der Waals surface area contributed by atoms with Gasteiger partial charge in [0.2, 0.25) is 21.9 Å². The summed E-state index contributed by atoms with van der Waals surface area (Å²) in [4.78, 5) is 13.4. The normalized spacial score (nSPS) is 16.1. The quantitative estimate of drug-likeness (QED) is 0.278. The highest BCUT2D eigenvalue weighted by Crippen LogP contribution is 2.37. The molecule has 0 radical (unpaired) electrons. The van der Waals surface area contributed by atoms with E-state index in [1.165, 1.54) is 12.1 Å². The summed E-state index contributed by atoms with van der Waals surface area (Å²) in [5.41, 5.74) is 1.19. The molecular weight excluding hydrogens is 533 g/mol. The molecule has 2 aromatic heterocycles. The summed E-state index contributed by atoms with van der Waals surface area (Å²) in [6.07, 6.45) is 0.416. The second kappa shape index (κ2) is 11.0.